The topological polar surface area (TPSA) is 170 Å². The van der Waals surface area contributed by atoms with Crippen LogP contribution in [0.25, 0.3) is 0 Å². The van der Waals surface area contributed by atoms with Gasteiger partial charge in [-0.1, -0.05) is 90.1 Å². The van der Waals surface area contributed by atoms with E-state index in [1.54, 1.807) is 18.2 Å². The zero-order valence-electron chi connectivity index (χ0n) is 50.8. The van der Waals surface area contributed by atoms with Crippen molar-refractivity contribution in [3.63, 3.8) is 0 Å². The first-order valence-electron chi connectivity index (χ1n) is 28.2. The molecule has 6 aromatic rings. The molecule has 90 heavy (non-hydrogen) atoms. The van der Waals surface area contributed by atoms with E-state index in [2.05, 4.69) is 51.1 Å². The molecular weight excluding hydrogens is 1280 g/mol. The summed E-state index contributed by atoms with van der Waals surface area (Å²) in [5.41, 5.74) is 2.82. The third kappa shape index (κ3) is 16.1. The number of hydrogen-bond donors (Lipinski definition) is 0. The first kappa shape index (κ1) is 72.0. The van der Waals surface area contributed by atoms with Gasteiger partial charge in [0.25, 0.3) is 0 Å². The number of halogens is 10. The predicted molar refractivity (Wildman–Crippen MR) is 317 cm³/mol. The zero-order chi connectivity index (χ0) is 66.9. The van der Waals surface area contributed by atoms with Gasteiger partial charge in [0.1, 0.15) is 24.7 Å². The Morgan fingerprint density at radius 2 is 0.756 bits per heavy atom. The highest BCUT2D eigenvalue weighted by Gasteiger charge is 2.73. The van der Waals surface area contributed by atoms with Gasteiger partial charge in [-0.25, -0.2) is 16.8 Å². The van der Waals surface area contributed by atoms with Gasteiger partial charge in [-0.3, -0.25) is 0 Å². The van der Waals surface area contributed by atoms with Gasteiger partial charge in [0, 0.05) is 23.3 Å². The first-order valence-corrected chi connectivity index (χ1v) is 33.5. The second-order valence-corrected chi connectivity index (χ2v) is 30.9. The standard InChI is InChI=1S/C32H32F8O6S2.C32H38F2O6S2/c1-20(31(37,38)48(41,42)43)46-23-11-15-25(16-12-23)47(24-13-9-21(10-14-24)27(2,3)4)26-8-6-7-22(17-26)28(5)44-18-29(33,34)32(39,40)30(35,36)19-45-28;1-23(32(33,34)42(35,36)37)40-26-14-18-28(19-15-26)41(27-16-12-24(13-17-27)30(2,3)4)29-11-9-10-25(22-29)31(5)38-20-7-6-8-21-39-31/h6-17,20H,18-19H2,1-5H3;9-19,22-23H,6-8,20-21H2,1-5H3. The minimum Gasteiger partial charge on any atom is -0.743 e. The highest BCUT2D eigenvalue weighted by molar-refractivity contribution is 7.97. The molecular formula is C64H70F10O12S4. The van der Waals surface area contributed by atoms with Crippen molar-refractivity contribution >= 4 is 42.0 Å². The van der Waals surface area contributed by atoms with E-state index in [4.69, 9.17) is 28.4 Å². The Morgan fingerprint density at radius 3 is 1.06 bits per heavy atom. The van der Waals surface area contributed by atoms with E-state index in [0.717, 1.165) is 65.8 Å². The highest BCUT2D eigenvalue weighted by Crippen LogP contribution is 2.50. The Bertz CT molecular complexity index is 3610. The van der Waals surface area contributed by atoms with Crippen LogP contribution in [0.1, 0.15) is 111 Å². The number of ether oxygens (including phenoxy) is 6. The lowest BCUT2D eigenvalue weighted by Crippen LogP contribution is -2.61. The van der Waals surface area contributed by atoms with Crippen LogP contribution < -0.4 is 9.47 Å². The SMILES string of the molecule is CC(Oc1ccc([S+](c2ccc(C(C)(C)C)cc2)c2cccc(C3(C)OCC(F)(F)C(F)(F)C(F)(F)CO3)c2)cc1)C(F)(F)S(=O)(=O)[O-].CC(Oc1ccc([S+](c2ccc(C(C)(C)C)cc2)c2cccc(C3(C)OCCCCCO3)c2)cc1)C(F)(F)S(=O)(=O)[O-]. The summed E-state index contributed by atoms with van der Waals surface area (Å²) < 4.78 is 240. The van der Waals surface area contributed by atoms with Gasteiger partial charge in [0.15, 0.2) is 73.4 Å². The Kier molecular flexibility index (Phi) is 21.5. The first-order chi connectivity index (χ1) is 41.4. The van der Waals surface area contributed by atoms with Gasteiger partial charge in [-0.15, -0.1) is 0 Å². The molecule has 0 amide bonds. The molecule has 2 fully saturated rings. The lowest BCUT2D eigenvalue weighted by atomic mass is 9.87. The maximum atomic E-state index is 14.3. The van der Waals surface area contributed by atoms with Gasteiger partial charge < -0.3 is 37.5 Å². The Labute approximate surface area is 524 Å². The molecule has 0 radical (unpaired) electrons. The van der Waals surface area contributed by atoms with E-state index in [0.29, 0.717) is 27.9 Å². The predicted octanol–water partition coefficient (Wildman–Crippen LogP) is 15.5. The maximum Gasteiger partial charge on any atom is 0.376 e. The summed E-state index contributed by atoms with van der Waals surface area (Å²) in [6.45, 7) is 14.1. The van der Waals surface area contributed by atoms with Crippen molar-refractivity contribution in [1.29, 1.82) is 0 Å². The van der Waals surface area contributed by atoms with Crippen LogP contribution in [0.2, 0.25) is 0 Å². The molecule has 12 nitrogen and oxygen atoms in total. The van der Waals surface area contributed by atoms with Crippen molar-refractivity contribution in [3.05, 3.63) is 168 Å². The largest absolute Gasteiger partial charge is 0.743 e. The molecule has 0 spiro atoms. The Morgan fingerprint density at radius 1 is 0.456 bits per heavy atom. The molecule has 26 heteroatoms. The van der Waals surface area contributed by atoms with Gasteiger partial charge in [-0.2, -0.15) is 43.9 Å². The molecule has 0 aromatic heterocycles. The average Bonchev–Trinajstić information content (AvgIpc) is 0.867. The van der Waals surface area contributed by atoms with Crippen molar-refractivity contribution in [2.75, 3.05) is 26.4 Å². The molecule has 4 unspecified atom stereocenters. The second-order valence-electron chi connectivity index (χ2n) is 23.9. The summed E-state index contributed by atoms with van der Waals surface area (Å²) in [5, 5.41) is -9.28. The van der Waals surface area contributed by atoms with Crippen LogP contribution in [0.5, 0.6) is 11.5 Å². The van der Waals surface area contributed by atoms with E-state index in [1.807, 2.05) is 70.2 Å². The van der Waals surface area contributed by atoms with Crippen molar-refractivity contribution in [1.82, 2.24) is 0 Å². The van der Waals surface area contributed by atoms with Crippen LogP contribution in [0.15, 0.2) is 175 Å². The smallest absolute Gasteiger partial charge is 0.376 e. The van der Waals surface area contributed by atoms with Gasteiger partial charge in [-0.05, 0) is 154 Å². The normalized spacial score (nSPS) is 19.4. The van der Waals surface area contributed by atoms with Gasteiger partial charge in [0.2, 0.25) is 0 Å². The van der Waals surface area contributed by atoms with Gasteiger partial charge >= 0.3 is 28.3 Å². The van der Waals surface area contributed by atoms with Crippen molar-refractivity contribution in [2.24, 2.45) is 0 Å². The summed E-state index contributed by atoms with van der Waals surface area (Å²) in [7, 11) is -13.6. The maximum absolute atomic E-state index is 14.3. The van der Waals surface area contributed by atoms with Crippen LogP contribution in [0, 0.1) is 0 Å². The Hall–Kier alpha value is -5.42. The molecule has 0 aliphatic carbocycles. The summed E-state index contributed by atoms with van der Waals surface area (Å²) >= 11 is 0. The molecule has 0 N–H and O–H groups in total. The Balaban J connectivity index is 0.000000258. The molecule has 2 aliphatic rings. The summed E-state index contributed by atoms with van der Waals surface area (Å²) in [5.74, 6) is -19.5. The molecule has 6 aromatic carbocycles. The van der Waals surface area contributed by atoms with E-state index in [9.17, 15) is 69.8 Å². The van der Waals surface area contributed by atoms with Crippen LogP contribution in [0.3, 0.4) is 0 Å². The van der Waals surface area contributed by atoms with Crippen molar-refractivity contribution in [3.8, 4) is 11.5 Å². The molecule has 2 heterocycles. The van der Waals surface area contributed by atoms with Gasteiger partial charge in [0.05, 0.1) is 35.0 Å². The third-order valence-corrected chi connectivity index (χ3v) is 21.4. The van der Waals surface area contributed by atoms with Crippen LogP contribution in [-0.2, 0) is 83.4 Å². The van der Waals surface area contributed by atoms with E-state index >= 15 is 0 Å². The van der Waals surface area contributed by atoms with E-state index in [-0.39, 0.29) is 27.9 Å². The highest BCUT2D eigenvalue weighted by atomic mass is 32.2. The second kappa shape index (κ2) is 26.9. The van der Waals surface area contributed by atoms with Crippen LogP contribution >= 0.6 is 0 Å². The fraction of sp³-hybridized carbons (Fsp3) is 0.438. The molecule has 4 atom stereocenters. The van der Waals surface area contributed by atoms with E-state index < -0.39 is 107 Å². The van der Waals surface area contributed by atoms with Crippen molar-refractivity contribution < 1.29 is 98.3 Å². The summed E-state index contributed by atoms with van der Waals surface area (Å²) in [4.78, 5) is 4.67. The fourth-order valence-electron chi connectivity index (χ4n) is 9.31. The number of hydrogen-bond acceptors (Lipinski definition) is 12. The zero-order valence-corrected chi connectivity index (χ0v) is 54.0. The molecule has 2 aliphatic heterocycles. The minimum absolute atomic E-state index is 0.0200. The fourth-order valence-corrected chi connectivity index (χ4v) is 14.4. The van der Waals surface area contributed by atoms with Crippen molar-refractivity contribution in [2.45, 2.75) is 181 Å². The molecule has 0 saturated carbocycles. The molecule has 492 valence electrons. The number of rotatable bonds is 16. The van der Waals surface area contributed by atoms with Crippen LogP contribution in [0.4, 0.5) is 43.9 Å². The third-order valence-electron chi connectivity index (χ3n) is 15.0. The monoisotopic (exact) mass is 1350 g/mol. The molecule has 2 saturated heterocycles. The lowest BCUT2D eigenvalue weighted by Gasteiger charge is -2.40. The van der Waals surface area contributed by atoms with Crippen LogP contribution in [-0.4, -0.2) is 92.9 Å². The molecule has 0 bridgehead atoms. The summed E-state index contributed by atoms with van der Waals surface area (Å²) in [6.07, 6.45) is -1.47. The minimum atomic E-state index is -6.02. The average molecular weight is 1350 g/mol. The lowest BCUT2D eigenvalue weighted by molar-refractivity contribution is -0.387. The quantitative estimate of drug-likeness (QED) is 0.0511. The number of alkyl halides is 10. The van der Waals surface area contributed by atoms with E-state index in [1.165, 1.54) is 60.2 Å². The summed E-state index contributed by atoms with van der Waals surface area (Å²) in [6, 6.07) is 42.0. The molecule has 8 rings (SSSR count). The number of benzene rings is 6.